The molecule has 104 valence electrons. The molecule has 8 heteroatoms. The predicted molar refractivity (Wildman–Crippen MR) is 90.3 cm³/mol. The summed E-state index contributed by atoms with van der Waals surface area (Å²) >= 11 is 5.46. The normalized spacial score (nSPS) is 10.0. The molecule has 0 bridgehead atoms. The summed E-state index contributed by atoms with van der Waals surface area (Å²) in [7, 11) is 0. The lowest BCUT2D eigenvalue weighted by Gasteiger charge is -2.01. The zero-order valence-corrected chi connectivity index (χ0v) is 14.5. The Hall–Kier alpha value is -0.220. The Morgan fingerprint density at radius 2 is 2.26 bits per heavy atom. The standard InChI is InChI=1S/C11H12IN3OS2.ClH/c12-9-2-1-7(18-9)3-4-14-11(16)8-6-17-10(5-13)15-8;/h1-2,6H,3-5,13H2,(H,14,16);1H. The van der Waals surface area contributed by atoms with E-state index in [2.05, 4.69) is 45.0 Å². The Morgan fingerprint density at radius 3 is 2.84 bits per heavy atom. The fourth-order valence-corrected chi connectivity index (χ4v) is 3.79. The number of hydrogen-bond acceptors (Lipinski definition) is 5. The van der Waals surface area contributed by atoms with Crippen molar-refractivity contribution in [2.45, 2.75) is 13.0 Å². The van der Waals surface area contributed by atoms with Crippen LogP contribution < -0.4 is 11.1 Å². The minimum Gasteiger partial charge on any atom is -0.350 e. The molecular weight excluding hydrogens is 417 g/mol. The number of nitrogens with one attached hydrogen (secondary N) is 1. The first-order valence-corrected chi connectivity index (χ1v) is 8.13. The molecular formula is C11H13ClIN3OS2. The summed E-state index contributed by atoms with van der Waals surface area (Å²) in [5.41, 5.74) is 5.92. The number of aromatic nitrogens is 1. The molecule has 0 aliphatic rings. The fraction of sp³-hybridized carbons (Fsp3) is 0.273. The first-order chi connectivity index (χ1) is 8.69. The van der Waals surface area contributed by atoms with Crippen LogP contribution in [-0.2, 0) is 13.0 Å². The second-order valence-corrected chi connectivity index (χ2v) is 7.55. The molecule has 4 nitrogen and oxygen atoms in total. The van der Waals surface area contributed by atoms with E-state index in [-0.39, 0.29) is 18.3 Å². The van der Waals surface area contributed by atoms with Gasteiger partial charge in [-0.3, -0.25) is 4.79 Å². The van der Waals surface area contributed by atoms with E-state index in [9.17, 15) is 4.79 Å². The summed E-state index contributed by atoms with van der Waals surface area (Å²) in [4.78, 5) is 17.2. The zero-order valence-electron chi connectivity index (χ0n) is 9.89. The molecule has 0 saturated carbocycles. The van der Waals surface area contributed by atoms with Gasteiger partial charge in [-0.15, -0.1) is 35.1 Å². The van der Waals surface area contributed by atoms with Crippen LogP contribution in [0.1, 0.15) is 20.4 Å². The third kappa shape index (κ3) is 4.99. The topological polar surface area (TPSA) is 68.0 Å². The molecule has 2 rings (SSSR count). The second kappa shape index (κ2) is 8.15. The molecule has 0 unspecified atom stereocenters. The lowest BCUT2D eigenvalue weighted by molar-refractivity contribution is 0.0950. The molecule has 0 aliphatic heterocycles. The molecule has 0 fully saturated rings. The molecule has 0 aliphatic carbocycles. The highest BCUT2D eigenvalue weighted by Crippen LogP contribution is 2.18. The van der Waals surface area contributed by atoms with Gasteiger partial charge in [0.1, 0.15) is 10.7 Å². The third-order valence-corrected chi connectivity index (χ3v) is 5.07. The molecule has 3 N–H and O–H groups in total. The SMILES string of the molecule is Cl.NCc1nc(C(=O)NCCc2ccc(I)s2)cs1. The van der Waals surface area contributed by atoms with Gasteiger partial charge in [-0.05, 0) is 41.1 Å². The number of thiazole rings is 1. The second-order valence-electron chi connectivity index (χ2n) is 3.54. The zero-order chi connectivity index (χ0) is 13.0. The largest absolute Gasteiger partial charge is 0.350 e. The summed E-state index contributed by atoms with van der Waals surface area (Å²) in [5.74, 6) is -0.128. The molecule has 2 aromatic heterocycles. The van der Waals surface area contributed by atoms with Gasteiger partial charge in [-0.25, -0.2) is 4.98 Å². The van der Waals surface area contributed by atoms with E-state index in [1.165, 1.54) is 19.1 Å². The summed E-state index contributed by atoms with van der Waals surface area (Å²) < 4.78 is 1.26. The lowest BCUT2D eigenvalue weighted by atomic mass is 10.3. The number of amides is 1. The average Bonchev–Trinajstić information content (AvgIpc) is 2.98. The Labute approximate surface area is 139 Å². The summed E-state index contributed by atoms with van der Waals surface area (Å²) in [5, 5.41) is 5.39. The quantitative estimate of drug-likeness (QED) is 0.718. The highest BCUT2D eigenvalue weighted by atomic mass is 127. The van der Waals surface area contributed by atoms with Crippen LogP contribution in [0.15, 0.2) is 17.5 Å². The van der Waals surface area contributed by atoms with E-state index < -0.39 is 0 Å². The molecule has 19 heavy (non-hydrogen) atoms. The van der Waals surface area contributed by atoms with Crippen LogP contribution in [0.3, 0.4) is 0 Å². The van der Waals surface area contributed by atoms with Gasteiger partial charge in [0.2, 0.25) is 0 Å². The van der Waals surface area contributed by atoms with Crippen molar-refractivity contribution in [3.8, 4) is 0 Å². The number of carbonyl (C=O) groups is 1. The van der Waals surface area contributed by atoms with Crippen molar-refractivity contribution in [1.29, 1.82) is 0 Å². The minimum absolute atomic E-state index is 0. The van der Waals surface area contributed by atoms with Crippen LogP contribution in [0.5, 0.6) is 0 Å². The molecule has 0 radical (unpaired) electrons. The highest BCUT2D eigenvalue weighted by molar-refractivity contribution is 14.1. The Bertz CT molecular complexity index is 544. The van der Waals surface area contributed by atoms with Gasteiger partial charge in [0.25, 0.3) is 5.91 Å². The first-order valence-electron chi connectivity index (χ1n) is 5.36. The van der Waals surface area contributed by atoms with Crippen LogP contribution in [0, 0.1) is 2.88 Å². The monoisotopic (exact) mass is 429 g/mol. The number of nitrogens with zero attached hydrogens (tertiary/aromatic N) is 1. The molecule has 1 amide bonds. The van der Waals surface area contributed by atoms with E-state index in [0.29, 0.717) is 18.8 Å². The van der Waals surface area contributed by atoms with Crippen molar-refractivity contribution in [2.24, 2.45) is 5.73 Å². The van der Waals surface area contributed by atoms with Crippen molar-refractivity contribution < 1.29 is 4.79 Å². The van der Waals surface area contributed by atoms with E-state index >= 15 is 0 Å². The number of nitrogens with two attached hydrogens (primary N) is 1. The summed E-state index contributed by atoms with van der Waals surface area (Å²) in [6, 6.07) is 4.17. The van der Waals surface area contributed by atoms with E-state index in [0.717, 1.165) is 11.4 Å². The average molecular weight is 430 g/mol. The lowest BCUT2D eigenvalue weighted by Crippen LogP contribution is -2.25. The highest BCUT2D eigenvalue weighted by Gasteiger charge is 2.09. The van der Waals surface area contributed by atoms with Crippen LogP contribution >= 0.6 is 57.7 Å². The number of halogens is 2. The smallest absolute Gasteiger partial charge is 0.270 e. The molecule has 2 heterocycles. The maximum absolute atomic E-state index is 11.8. The minimum atomic E-state index is -0.128. The van der Waals surface area contributed by atoms with Crippen molar-refractivity contribution in [1.82, 2.24) is 10.3 Å². The predicted octanol–water partition coefficient (Wildman–Crippen LogP) is 2.66. The molecule has 2 aromatic rings. The van der Waals surface area contributed by atoms with Crippen LogP contribution in [0.2, 0.25) is 0 Å². The third-order valence-electron chi connectivity index (χ3n) is 2.24. The number of rotatable bonds is 5. The summed E-state index contributed by atoms with van der Waals surface area (Å²) in [6.07, 6.45) is 0.854. The molecule has 0 saturated heterocycles. The van der Waals surface area contributed by atoms with Crippen LogP contribution in [0.4, 0.5) is 0 Å². The van der Waals surface area contributed by atoms with Crippen LogP contribution in [0.25, 0.3) is 0 Å². The van der Waals surface area contributed by atoms with Crippen molar-refractivity contribution in [2.75, 3.05) is 6.54 Å². The van der Waals surface area contributed by atoms with Gasteiger partial charge in [-0.2, -0.15) is 0 Å². The maximum atomic E-state index is 11.8. The Kier molecular flexibility index (Phi) is 7.22. The van der Waals surface area contributed by atoms with Gasteiger partial charge in [0.05, 0.1) is 2.88 Å². The van der Waals surface area contributed by atoms with E-state index in [4.69, 9.17) is 5.73 Å². The van der Waals surface area contributed by atoms with Gasteiger partial charge in [0, 0.05) is 23.3 Å². The van der Waals surface area contributed by atoms with Crippen molar-refractivity contribution in [3.05, 3.63) is 36.0 Å². The van der Waals surface area contributed by atoms with Gasteiger partial charge in [-0.1, -0.05) is 0 Å². The summed E-state index contributed by atoms with van der Waals surface area (Å²) in [6.45, 7) is 1.01. The molecule has 0 atom stereocenters. The number of thiophene rings is 1. The van der Waals surface area contributed by atoms with Crippen LogP contribution in [-0.4, -0.2) is 17.4 Å². The first kappa shape index (κ1) is 16.8. The van der Waals surface area contributed by atoms with Gasteiger partial charge >= 0.3 is 0 Å². The van der Waals surface area contributed by atoms with Crippen molar-refractivity contribution in [3.63, 3.8) is 0 Å². The fourth-order valence-electron chi connectivity index (χ4n) is 1.38. The Morgan fingerprint density at radius 1 is 1.47 bits per heavy atom. The van der Waals surface area contributed by atoms with E-state index in [1.807, 2.05) is 0 Å². The van der Waals surface area contributed by atoms with Gasteiger partial charge in [0.15, 0.2) is 0 Å². The van der Waals surface area contributed by atoms with E-state index in [1.54, 1.807) is 16.7 Å². The van der Waals surface area contributed by atoms with Crippen molar-refractivity contribution >= 4 is 63.6 Å². The maximum Gasteiger partial charge on any atom is 0.270 e. The molecule has 0 spiro atoms. The number of hydrogen-bond donors (Lipinski definition) is 2. The van der Waals surface area contributed by atoms with Gasteiger partial charge < -0.3 is 11.1 Å². The number of carbonyl (C=O) groups excluding carboxylic acids is 1. The Balaban J connectivity index is 0.00000180. The molecule has 0 aromatic carbocycles.